The van der Waals surface area contributed by atoms with Gasteiger partial charge in [0.1, 0.15) is 11.5 Å². The van der Waals surface area contributed by atoms with Crippen LogP contribution in [0.3, 0.4) is 0 Å². The Morgan fingerprint density at radius 2 is 2.08 bits per heavy atom. The van der Waals surface area contributed by atoms with Crippen LogP contribution in [0.5, 0.6) is 0 Å². The smallest absolute Gasteiger partial charge is 0.291 e. The lowest BCUT2D eigenvalue weighted by atomic mass is 10.2. The molecule has 0 radical (unpaired) electrons. The van der Waals surface area contributed by atoms with Crippen LogP contribution in [0.25, 0.3) is 0 Å². The highest BCUT2D eigenvalue weighted by atomic mass is 16.6. The van der Waals surface area contributed by atoms with Gasteiger partial charge in [-0.15, -0.1) is 0 Å². The van der Waals surface area contributed by atoms with Crippen molar-refractivity contribution in [3.05, 3.63) is 81.6 Å². The van der Waals surface area contributed by atoms with Gasteiger partial charge in [0.15, 0.2) is 5.69 Å². The van der Waals surface area contributed by atoms with E-state index < -0.39 is 10.8 Å². The molecule has 0 unspecified atom stereocenters. The van der Waals surface area contributed by atoms with E-state index in [9.17, 15) is 14.9 Å². The van der Waals surface area contributed by atoms with Gasteiger partial charge in [-0.05, 0) is 30.7 Å². The Bertz CT molecular complexity index is 956. The molecule has 0 atom stereocenters. The van der Waals surface area contributed by atoms with Gasteiger partial charge < -0.3 is 4.42 Å². The van der Waals surface area contributed by atoms with E-state index in [0.29, 0.717) is 12.3 Å². The molecule has 1 amide bonds. The first-order valence-corrected chi connectivity index (χ1v) is 7.68. The van der Waals surface area contributed by atoms with Crippen LogP contribution in [0.4, 0.5) is 5.69 Å². The minimum Gasteiger partial charge on any atom is -0.460 e. The highest BCUT2D eigenvalue weighted by Gasteiger charge is 2.09. The molecular weight excluding hydrogens is 338 g/mol. The average Bonchev–Trinajstić information content (AvgIpc) is 3.24. The number of non-ortho nitro benzene ring substituents is 1. The second kappa shape index (κ2) is 7.43. The summed E-state index contributed by atoms with van der Waals surface area (Å²) in [7, 11) is 0. The first kappa shape index (κ1) is 17.1. The molecule has 0 aliphatic rings. The van der Waals surface area contributed by atoms with Crippen LogP contribution in [0, 0.1) is 17.0 Å². The standard InChI is InChI=1S/C17H15N5O4/c1-12-2-7-15(26-12)10-18-19-17(23)16-8-9-21(20-16)11-13-3-5-14(6-4-13)22(24)25/h2-10H,11H2,1H3,(H,19,23)/b18-10+. The van der Waals surface area contributed by atoms with E-state index in [1.54, 1.807) is 41.2 Å². The molecule has 3 rings (SSSR count). The summed E-state index contributed by atoms with van der Waals surface area (Å²) in [6, 6.07) is 11.2. The molecule has 26 heavy (non-hydrogen) atoms. The number of furan rings is 1. The van der Waals surface area contributed by atoms with Gasteiger partial charge in [0.25, 0.3) is 11.6 Å². The fourth-order valence-electron chi connectivity index (χ4n) is 2.22. The van der Waals surface area contributed by atoms with Crippen molar-refractivity contribution in [3.8, 4) is 0 Å². The van der Waals surface area contributed by atoms with Crippen molar-refractivity contribution in [3.63, 3.8) is 0 Å². The highest BCUT2D eigenvalue weighted by molar-refractivity contribution is 5.92. The molecule has 3 aromatic rings. The van der Waals surface area contributed by atoms with Gasteiger partial charge in [0, 0.05) is 18.3 Å². The van der Waals surface area contributed by atoms with Gasteiger partial charge in [-0.1, -0.05) is 12.1 Å². The topological polar surface area (TPSA) is 116 Å². The van der Waals surface area contributed by atoms with E-state index in [1.165, 1.54) is 18.3 Å². The number of aryl methyl sites for hydroxylation is 1. The van der Waals surface area contributed by atoms with Crippen molar-refractivity contribution < 1.29 is 14.1 Å². The number of hydrogen-bond acceptors (Lipinski definition) is 6. The summed E-state index contributed by atoms with van der Waals surface area (Å²) in [5, 5.41) is 18.6. The molecule has 1 aromatic carbocycles. The SMILES string of the molecule is Cc1ccc(/C=N/NC(=O)c2ccn(Cc3ccc([N+](=O)[O-])cc3)n2)o1. The number of nitro groups is 1. The molecule has 2 heterocycles. The molecule has 1 N–H and O–H groups in total. The average molecular weight is 353 g/mol. The van der Waals surface area contributed by atoms with E-state index in [1.807, 2.05) is 6.92 Å². The van der Waals surface area contributed by atoms with E-state index in [-0.39, 0.29) is 11.4 Å². The number of carbonyl (C=O) groups excluding carboxylic acids is 1. The van der Waals surface area contributed by atoms with Crippen LogP contribution in [0.2, 0.25) is 0 Å². The maximum absolute atomic E-state index is 12.0. The Labute approximate surface area is 148 Å². The number of hydrogen-bond donors (Lipinski definition) is 1. The fraction of sp³-hybridized carbons (Fsp3) is 0.118. The second-order valence-electron chi connectivity index (χ2n) is 5.47. The number of rotatable bonds is 6. The van der Waals surface area contributed by atoms with E-state index in [4.69, 9.17) is 4.42 Å². The number of nitrogens with zero attached hydrogens (tertiary/aromatic N) is 4. The Morgan fingerprint density at radius 3 is 2.73 bits per heavy atom. The summed E-state index contributed by atoms with van der Waals surface area (Å²) in [4.78, 5) is 22.2. The van der Waals surface area contributed by atoms with Crippen molar-refractivity contribution in [1.29, 1.82) is 0 Å². The molecule has 0 saturated carbocycles. The van der Waals surface area contributed by atoms with E-state index in [0.717, 1.165) is 11.3 Å². The Hall–Kier alpha value is -3.75. The van der Waals surface area contributed by atoms with Crippen LogP contribution in [-0.2, 0) is 6.54 Å². The zero-order valence-electron chi connectivity index (χ0n) is 13.8. The van der Waals surface area contributed by atoms with Crippen molar-refractivity contribution in [2.75, 3.05) is 0 Å². The summed E-state index contributed by atoms with van der Waals surface area (Å²) in [5.41, 5.74) is 3.44. The van der Waals surface area contributed by atoms with E-state index in [2.05, 4.69) is 15.6 Å². The fourth-order valence-corrected chi connectivity index (χ4v) is 2.22. The number of hydrazone groups is 1. The van der Waals surface area contributed by atoms with Gasteiger partial charge in [-0.3, -0.25) is 19.6 Å². The van der Waals surface area contributed by atoms with Crippen LogP contribution in [-0.4, -0.2) is 26.8 Å². The van der Waals surface area contributed by atoms with Crippen molar-refractivity contribution in [2.24, 2.45) is 5.10 Å². The minimum absolute atomic E-state index is 0.0268. The lowest BCUT2D eigenvalue weighted by molar-refractivity contribution is -0.384. The van der Waals surface area contributed by atoms with Crippen molar-refractivity contribution in [1.82, 2.24) is 15.2 Å². The van der Waals surface area contributed by atoms with Crippen LogP contribution >= 0.6 is 0 Å². The highest BCUT2D eigenvalue weighted by Crippen LogP contribution is 2.12. The van der Waals surface area contributed by atoms with Crippen LogP contribution < -0.4 is 5.43 Å². The predicted octanol–water partition coefficient (Wildman–Crippen LogP) is 2.50. The quantitative estimate of drug-likeness (QED) is 0.415. The predicted molar refractivity (Wildman–Crippen MR) is 92.9 cm³/mol. The number of benzene rings is 1. The maximum atomic E-state index is 12.0. The summed E-state index contributed by atoms with van der Waals surface area (Å²) in [6.45, 7) is 2.20. The molecule has 2 aromatic heterocycles. The van der Waals surface area contributed by atoms with Gasteiger partial charge in [-0.25, -0.2) is 5.43 Å². The van der Waals surface area contributed by atoms with Crippen LogP contribution in [0.15, 0.2) is 58.2 Å². The Morgan fingerprint density at radius 1 is 1.31 bits per heavy atom. The van der Waals surface area contributed by atoms with Gasteiger partial charge in [0.2, 0.25) is 0 Å². The van der Waals surface area contributed by atoms with Crippen molar-refractivity contribution >= 4 is 17.8 Å². The molecule has 132 valence electrons. The number of nitro benzene ring substituents is 1. The summed E-state index contributed by atoms with van der Waals surface area (Å²) < 4.78 is 6.87. The van der Waals surface area contributed by atoms with Crippen molar-refractivity contribution in [2.45, 2.75) is 13.5 Å². The third-order valence-corrected chi connectivity index (χ3v) is 3.48. The molecule has 0 bridgehead atoms. The minimum atomic E-state index is -0.454. The monoisotopic (exact) mass is 353 g/mol. The first-order valence-electron chi connectivity index (χ1n) is 7.68. The number of nitrogens with one attached hydrogen (secondary N) is 1. The zero-order chi connectivity index (χ0) is 18.5. The molecule has 9 heteroatoms. The summed E-state index contributed by atoms with van der Waals surface area (Å²) in [5.74, 6) is 0.834. The number of carbonyl (C=O) groups is 1. The molecule has 0 aliphatic heterocycles. The Kier molecular flexibility index (Phi) is 4.88. The third kappa shape index (κ3) is 4.20. The van der Waals surface area contributed by atoms with Crippen LogP contribution in [0.1, 0.15) is 27.6 Å². The second-order valence-corrected chi connectivity index (χ2v) is 5.47. The lowest BCUT2D eigenvalue weighted by Crippen LogP contribution is -2.18. The number of amides is 1. The van der Waals surface area contributed by atoms with E-state index >= 15 is 0 Å². The van der Waals surface area contributed by atoms with Gasteiger partial charge in [-0.2, -0.15) is 10.2 Å². The van der Waals surface area contributed by atoms with Gasteiger partial charge >= 0.3 is 0 Å². The molecular formula is C17H15N5O4. The third-order valence-electron chi connectivity index (χ3n) is 3.48. The molecule has 0 saturated heterocycles. The normalized spacial score (nSPS) is 11.0. The van der Waals surface area contributed by atoms with Gasteiger partial charge in [0.05, 0.1) is 17.7 Å². The largest absolute Gasteiger partial charge is 0.460 e. The summed E-state index contributed by atoms with van der Waals surface area (Å²) >= 11 is 0. The maximum Gasteiger partial charge on any atom is 0.291 e. The number of aromatic nitrogens is 2. The molecule has 9 nitrogen and oxygen atoms in total. The molecule has 0 fully saturated rings. The lowest BCUT2D eigenvalue weighted by Gasteiger charge is -2.01. The molecule has 0 aliphatic carbocycles. The first-order chi connectivity index (χ1) is 12.5. The Balaban J connectivity index is 1.59. The molecule has 0 spiro atoms. The summed E-state index contributed by atoms with van der Waals surface area (Å²) in [6.07, 6.45) is 3.05. The zero-order valence-corrected chi connectivity index (χ0v) is 13.8.